The van der Waals surface area contributed by atoms with E-state index in [2.05, 4.69) is 42.5 Å². The van der Waals surface area contributed by atoms with Crippen molar-refractivity contribution in [2.24, 2.45) is 5.92 Å². The van der Waals surface area contributed by atoms with E-state index in [1.165, 1.54) is 16.3 Å². The van der Waals surface area contributed by atoms with Gasteiger partial charge in [0.05, 0.1) is 0 Å². The summed E-state index contributed by atoms with van der Waals surface area (Å²) in [6, 6.07) is 14.9. The Morgan fingerprint density at radius 2 is 1.83 bits per heavy atom. The summed E-state index contributed by atoms with van der Waals surface area (Å²) in [6.45, 7) is 1.87. The number of piperidine rings is 1. The zero-order valence-electron chi connectivity index (χ0n) is 13.6. The summed E-state index contributed by atoms with van der Waals surface area (Å²) in [5, 5.41) is 11.7. The van der Waals surface area contributed by atoms with Gasteiger partial charge in [-0.05, 0) is 47.9 Å². The fraction of sp³-hybridized carbons (Fsp3) is 0.450. The lowest BCUT2D eigenvalue weighted by molar-refractivity contribution is -0.132. The van der Waals surface area contributed by atoms with Crippen LogP contribution in [-0.2, 0) is 11.2 Å². The van der Waals surface area contributed by atoms with Crippen LogP contribution in [0.1, 0.15) is 31.2 Å². The fourth-order valence-corrected chi connectivity index (χ4v) is 3.36. The second-order valence-corrected chi connectivity index (χ2v) is 6.54. The first kappa shape index (κ1) is 16.0. The van der Waals surface area contributed by atoms with Gasteiger partial charge in [-0.1, -0.05) is 42.5 Å². The van der Waals surface area contributed by atoms with Gasteiger partial charge in [-0.2, -0.15) is 0 Å². The average Bonchev–Trinajstić information content (AvgIpc) is 2.61. The van der Waals surface area contributed by atoms with Gasteiger partial charge in [-0.3, -0.25) is 4.79 Å². The molecule has 1 heterocycles. The fourth-order valence-electron chi connectivity index (χ4n) is 3.36. The topological polar surface area (TPSA) is 40.5 Å². The lowest BCUT2D eigenvalue weighted by Crippen LogP contribution is -2.39. The SMILES string of the molecule is O=C(CCCc1ccc2ccccc2c1)N1CCC(CO)CC1. The van der Waals surface area contributed by atoms with Crippen LogP contribution in [0.4, 0.5) is 0 Å². The molecule has 1 aliphatic rings. The third kappa shape index (κ3) is 4.11. The number of hydrogen-bond acceptors (Lipinski definition) is 2. The zero-order valence-corrected chi connectivity index (χ0v) is 13.6. The van der Waals surface area contributed by atoms with Gasteiger partial charge in [0.1, 0.15) is 0 Å². The summed E-state index contributed by atoms with van der Waals surface area (Å²) in [5.41, 5.74) is 1.30. The van der Waals surface area contributed by atoms with E-state index in [1.54, 1.807) is 0 Å². The lowest BCUT2D eigenvalue weighted by atomic mass is 9.97. The standard InChI is InChI=1S/C20H25NO2/c22-15-17-10-12-21(13-11-17)20(23)7-3-4-16-8-9-18-5-1-2-6-19(18)14-16/h1-2,5-6,8-9,14,17,22H,3-4,7,10-13,15H2. The molecule has 0 aromatic heterocycles. The van der Waals surface area contributed by atoms with Crippen molar-refractivity contribution in [1.82, 2.24) is 4.90 Å². The molecular formula is C20H25NO2. The molecule has 2 aromatic rings. The van der Waals surface area contributed by atoms with Gasteiger partial charge in [0.2, 0.25) is 5.91 Å². The van der Waals surface area contributed by atoms with E-state index in [0.717, 1.165) is 38.8 Å². The minimum Gasteiger partial charge on any atom is -0.396 e. The van der Waals surface area contributed by atoms with Gasteiger partial charge in [0, 0.05) is 26.1 Å². The van der Waals surface area contributed by atoms with Gasteiger partial charge >= 0.3 is 0 Å². The monoisotopic (exact) mass is 311 g/mol. The predicted octanol–water partition coefficient (Wildman–Crippen LogP) is 3.39. The number of aryl methyl sites for hydroxylation is 1. The van der Waals surface area contributed by atoms with Crippen molar-refractivity contribution in [3.8, 4) is 0 Å². The van der Waals surface area contributed by atoms with Crippen LogP contribution >= 0.6 is 0 Å². The number of benzene rings is 2. The van der Waals surface area contributed by atoms with Crippen molar-refractivity contribution in [1.29, 1.82) is 0 Å². The van der Waals surface area contributed by atoms with Crippen LogP contribution in [-0.4, -0.2) is 35.6 Å². The van der Waals surface area contributed by atoms with Gasteiger partial charge in [-0.25, -0.2) is 0 Å². The maximum atomic E-state index is 12.3. The number of amides is 1. The molecule has 0 bridgehead atoms. The second kappa shape index (κ2) is 7.60. The molecule has 3 rings (SSSR count). The third-order valence-electron chi connectivity index (χ3n) is 4.90. The van der Waals surface area contributed by atoms with E-state index in [9.17, 15) is 4.79 Å². The molecule has 23 heavy (non-hydrogen) atoms. The Morgan fingerprint density at radius 3 is 2.57 bits per heavy atom. The molecule has 0 spiro atoms. The number of carbonyl (C=O) groups excluding carboxylic acids is 1. The maximum Gasteiger partial charge on any atom is 0.222 e. The first-order valence-electron chi connectivity index (χ1n) is 8.62. The lowest BCUT2D eigenvalue weighted by Gasteiger charge is -2.31. The quantitative estimate of drug-likeness (QED) is 0.919. The van der Waals surface area contributed by atoms with Crippen molar-refractivity contribution in [2.45, 2.75) is 32.1 Å². The molecule has 1 fully saturated rings. The molecule has 1 aliphatic heterocycles. The van der Waals surface area contributed by atoms with Crippen molar-refractivity contribution < 1.29 is 9.90 Å². The largest absolute Gasteiger partial charge is 0.396 e. The van der Waals surface area contributed by atoms with Crippen LogP contribution in [0, 0.1) is 5.92 Å². The van der Waals surface area contributed by atoms with Crippen molar-refractivity contribution >= 4 is 16.7 Å². The zero-order chi connectivity index (χ0) is 16.1. The van der Waals surface area contributed by atoms with Crippen molar-refractivity contribution in [3.05, 3.63) is 48.0 Å². The van der Waals surface area contributed by atoms with E-state index in [-0.39, 0.29) is 12.5 Å². The van der Waals surface area contributed by atoms with Gasteiger partial charge < -0.3 is 10.0 Å². The summed E-state index contributed by atoms with van der Waals surface area (Å²) in [6.07, 6.45) is 4.34. The Hall–Kier alpha value is -1.87. The Morgan fingerprint density at radius 1 is 1.09 bits per heavy atom. The first-order chi connectivity index (χ1) is 11.3. The molecule has 122 valence electrons. The normalized spacial score (nSPS) is 16.0. The van der Waals surface area contributed by atoms with Crippen molar-refractivity contribution in [3.63, 3.8) is 0 Å². The molecule has 0 aliphatic carbocycles. The van der Waals surface area contributed by atoms with Crippen LogP contribution in [0.5, 0.6) is 0 Å². The number of carbonyl (C=O) groups is 1. The summed E-state index contributed by atoms with van der Waals surface area (Å²) in [4.78, 5) is 14.2. The van der Waals surface area contributed by atoms with Gasteiger partial charge in [-0.15, -0.1) is 0 Å². The number of likely N-dealkylation sites (tertiary alicyclic amines) is 1. The number of aliphatic hydroxyl groups excluding tert-OH is 1. The Kier molecular flexibility index (Phi) is 5.29. The van der Waals surface area contributed by atoms with Crippen LogP contribution < -0.4 is 0 Å². The number of nitrogens with zero attached hydrogens (tertiary/aromatic N) is 1. The maximum absolute atomic E-state index is 12.3. The molecule has 1 N–H and O–H groups in total. The van der Waals surface area contributed by atoms with Crippen molar-refractivity contribution in [2.75, 3.05) is 19.7 Å². The van der Waals surface area contributed by atoms with Crippen LogP contribution in [0.15, 0.2) is 42.5 Å². The number of fused-ring (bicyclic) bond motifs is 1. The minimum absolute atomic E-state index is 0.254. The third-order valence-corrected chi connectivity index (χ3v) is 4.90. The highest BCUT2D eigenvalue weighted by Gasteiger charge is 2.21. The second-order valence-electron chi connectivity index (χ2n) is 6.54. The highest BCUT2D eigenvalue weighted by molar-refractivity contribution is 5.83. The molecule has 1 amide bonds. The summed E-state index contributed by atoms with van der Waals surface area (Å²) in [7, 11) is 0. The van der Waals surface area contributed by atoms with Crippen LogP contribution in [0.2, 0.25) is 0 Å². The van der Waals surface area contributed by atoms with Crippen LogP contribution in [0.3, 0.4) is 0 Å². The first-order valence-corrected chi connectivity index (χ1v) is 8.62. The molecule has 0 radical (unpaired) electrons. The molecule has 0 saturated carbocycles. The van der Waals surface area contributed by atoms with E-state index < -0.39 is 0 Å². The van der Waals surface area contributed by atoms with E-state index in [0.29, 0.717) is 12.3 Å². The molecule has 3 heteroatoms. The number of aliphatic hydroxyl groups is 1. The number of hydrogen-bond donors (Lipinski definition) is 1. The molecule has 3 nitrogen and oxygen atoms in total. The number of rotatable bonds is 5. The molecule has 1 saturated heterocycles. The highest BCUT2D eigenvalue weighted by atomic mass is 16.3. The minimum atomic E-state index is 0.254. The van der Waals surface area contributed by atoms with Gasteiger partial charge in [0.25, 0.3) is 0 Å². The Labute approximate surface area is 137 Å². The highest BCUT2D eigenvalue weighted by Crippen LogP contribution is 2.19. The summed E-state index contributed by atoms with van der Waals surface area (Å²) >= 11 is 0. The van der Waals surface area contributed by atoms with E-state index in [4.69, 9.17) is 5.11 Å². The van der Waals surface area contributed by atoms with Crippen LogP contribution in [0.25, 0.3) is 10.8 Å². The average molecular weight is 311 g/mol. The predicted molar refractivity (Wildman–Crippen MR) is 93.3 cm³/mol. The molecular weight excluding hydrogens is 286 g/mol. The smallest absolute Gasteiger partial charge is 0.222 e. The summed E-state index contributed by atoms with van der Waals surface area (Å²) < 4.78 is 0. The van der Waals surface area contributed by atoms with E-state index >= 15 is 0 Å². The summed E-state index contributed by atoms with van der Waals surface area (Å²) in [5.74, 6) is 0.652. The van der Waals surface area contributed by atoms with E-state index in [1.807, 2.05) is 4.90 Å². The molecule has 2 aromatic carbocycles. The molecule has 0 atom stereocenters. The Balaban J connectivity index is 1.47. The Bertz CT molecular complexity index is 659. The van der Waals surface area contributed by atoms with Gasteiger partial charge in [0.15, 0.2) is 0 Å². The molecule has 0 unspecified atom stereocenters.